The lowest BCUT2D eigenvalue weighted by molar-refractivity contribution is -0.136. The molecule has 1 N–H and O–H groups in total. The number of benzene rings is 2. The molecular weight excluding hydrogens is 360 g/mol. The van der Waals surface area contributed by atoms with Gasteiger partial charge in [0.05, 0.1) is 5.57 Å². The van der Waals surface area contributed by atoms with Gasteiger partial charge in [-0.1, -0.05) is 62.7 Å². The van der Waals surface area contributed by atoms with Crippen molar-refractivity contribution in [3.05, 3.63) is 83.1 Å². The maximum Gasteiger partial charge on any atom is 0.278 e. The summed E-state index contributed by atoms with van der Waals surface area (Å²) in [5.41, 5.74) is 5.59. The second-order valence-corrected chi connectivity index (χ2v) is 8.53. The maximum absolute atomic E-state index is 13.1. The van der Waals surface area contributed by atoms with E-state index in [4.69, 9.17) is 0 Å². The van der Waals surface area contributed by atoms with E-state index in [1.807, 2.05) is 56.3 Å². The molecule has 0 saturated heterocycles. The monoisotopic (exact) mass is 388 g/mol. The Labute approximate surface area is 172 Å². The molecule has 0 saturated carbocycles. The standard InChI is InChI=1S/C25H28N2O2/c1-7-14-27-23(28)21(20-13-8-16(2)15-17(20)3)22(24(27)29)26-19-11-9-18(10-12-19)25(4,5)6/h7-13,15,26H,1,14H2,2-6H3. The Morgan fingerprint density at radius 3 is 2.21 bits per heavy atom. The first-order valence-electron chi connectivity index (χ1n) is 9.80. The minimum absolute atomic E-state index is 0.0435. The van der Waals surface area contributed by atoms with Gasteiger partial charge in [0.15, 0.2) is 0 Å². The highest BCUT2D eigenvalue weighted by Crippen LogP contribution is 2.33. The van der Waals surface area contributed by atoms with Crippen molar-refractivity contribution >= 4 is 23.1 Å². The Morgan fingerprint density at radius 1 is 1.00 bits per heavy atom. The summed E-state index contributed by atoms with van der Waals surface area (Å²) in [7, 11) is 0. The maximum atomic E-state index is 13.1. The zero-order chi connectivity index (χ0) is 21.3. The number of anilines is 1. The molecule has 2 aromatic rings. The van der Waals surface area contributed by atoms with Crippen LogP contribution in [0.3, 0.4) is 0 Å². The van der Waals surface area contributed by atoms with Crippen LogP contribution in [0, 0.1) is 13.8 Å². The molecule has 1 aliphatic heterocycles. The zero-order valence-electron chi connectivity index (χ0n) is 17.8. The molecule has 150 valence electrons. The molecule has 0 atom stereocenters. The number of nitrogens with one attached hydrogen (secondary N) is 1. The molecule has 0 aliphatic carbocycles. The van der Waals surface area contributed by atoms with Gasteiger partial charge in [-0.25, -0.2) is 0 Å². The number of amides is 2. The summed E-state index contributed by atoms with van der Waals surface area (Å²) in [6, 6.07) is 13.9. The van der Waals surface area contributed by atoms with E-state index >= 15 is 0 Å². The van der Waals surface area contributed by atoms with E-state index in [2.05, 4.69) is 32.7 Å². The van der Waals surface area contributed by atoms with Crippen molar-refractivity contribution in [1.29, 1.82) is 0 Å². The van der Waals surface area contributed by atoms with E-state index in [1.165, 1.54) is 10.5 Å². The normalized spacial score (nSPS) is 14.6. The van der Waals surface area contributed by atoms with Gasteiger partial charge in [-0.3, -0.25) is 14.5 Å². The SMILES string of the molecule is C=CCN1C(=O)C(Nc2ccc(C(C)(C)C)cc2)=C(c2ccc(C)cc2C)C1=O. The summed E-state index contributed by atoms with van der Waals surface area (Å²) in [6.07, 6.45) is 1.57. The van der Waals surface area contributed by atoms with Gasteiger partial charge in [0.2, 0.25) is 0 Å². The number of carbonyl (C=O) groups is 2. The molecule has 1 aliphatic rings. The van der Waals surface area contributed by atoms with E-state index in [0.717, 1.165) is 22.4 Å². The predicted octanol–water partition coefficient (Wildman–Crippen LogP) is 4.98. The fourth-order valence-electron chi connectivity index (χ4n) is 3.53. The van der Waals surface area contributed by atoms with Gasteiger partial charge in [0.25, 0.3) is 11.8 Å². The molecule has 3 rings (SSSR count). The van der Waals surface area contributed by atoms with Gasteiger partial charge in [0, 0.05) is 12.2 Å². The van der Waals surface area contributed by atoms with Crippen LogP contribution in [0.4, 0.5) is 5.69 Å². The van der Waals surface area contributed by atoms with Crippen LogP contribution in [0.15, 0.2) is 60.8 Å². The van der Waals surface area contributed by atoms with Crippen LogP contribution >= 0.6 is 0 Å². The third-order valence-electron chi connectivity index (χ3n) is 5.15. The molecule has 0 unspecified atom stereocenters. The topological polar surface area (TPSA) is 49.4 Å². The number of rotatable bonds is 5. The van der Waals surface area contributed by atoms with Gasteiger partial charge in [0.1, 0.15) is 5.70 Å². The van der Waals surface area contributed by atoms with Crippen molar-refractivity contribution in [3.8, 4) is 0 Å². The molecule has 4 nitrogen and oxygen atoms in total. The summed E-state index contributed by atoms with van der Waals surface area (Å²) >= 11 is 0. The summed E-state index contributed by atoms with van der Waals surface area (Å²) in [5, 5.41) is 3.21. The van der Waals surface area contributed by atoms with Gasteiger partial charge in [-0.05, 0) is 48.1 Å². The molecule has 0 bridgehead atoms. The highest BCUT2D eigenvalue weighted by Gasteiger charge is 2.39. The summed E-state index contributed by atoms with van der Waals surface area (Å²) in [6.45, 7) is 14.3. The van der Waals surface area contributed by atoms with Crippen LogP contribution in [0.5, 0.6) is 0 Å². The number of nitrogens with zero attached hydrogens (tertiary/aromatic N) is 1. The quantitative estimate of drug-likeness (QED) is 0.581. The first-order chi connectivity index (χ1) is 13.6. The smallest absolute Gasteiger partial charge is 0.278 e. The first-order valence-corrected chi connectivity index (χ1v) is 9.80. The van der Waals surface area contributed by atoms with Crippen molar-refractivity contribution in [2.75, 3.05) is 11.9 Å². The average molecular weight is 389 g/mol. The Kier molecular flexibility index (Phi) is 5.47. The Hall–Kier alpha value is -3.14. The molecule has 4 heteroatoms. The van der Waals surface area contributed by atoms with E-state index in [-0.39, 0.29) is 23.8 Å². The van der Waals surface area contributed by atoms with E-state index < -0.39 is 0 Å². The second kappa shape index (κ2) is 7.70. The van der Waals surface area contributed by atoms with Crippen molar-refractivity contribution in [2.45, 2.75) is 40.0 Å². The van der Waals surface area contributed by atoms with E-state index in [0.29, 0.717) is 11.3 Å². The molecule has 29 heavy (non-hydrogen) atoms. The van der Waals surface area contributed by atoms with Crippen molar-refractivity contribution in [1.82, 2.24) is 4.90 Å². The molecule has 1 heterocycles. The number of hydrogen-bond acceptors (Lipinski definition) is 3. The lowest BCUT2D eigenvalue weighted by Crippen LogP contribution is -2.32. The second-order valence-electron chi connectivity index (χ2n) is 8.53. The lowest BCUT2D eigenvalue weighted by Gasteiger charge is -2.19. The van der Waals surface area contributed by atoms with E-state index in [9.17, 15) is 9.59 Å². The van der Waals surface area contributed by atoms with Crippen LogP contribution in [-0.2, 0) is 15.0 Å². The molecule has 0 radical (unpaired) electrons. The zero-order valence-corrected chi connectivity index (χ0v) is 17.8. The fraction of sp³-hybridized carbons (Fsp3) is 0.280. The van der Waals surface area contributed by atoms with Gasteiger partial charge < -0.3 is 5.32 Å². The van der Waals surface area contributed by atoms with Crippen LogP contribution in [0.1, 0.15) is 43.0 Å². The number of hydrogen-bond donors (Lipinski definition) is 1. The van der Waals surface area contributed by atoms with Crippen LogP contribution < -0.4 is 5.32 Å². The van der Waals surface area contributed by atoms with Gasteiger partial charge >= 0.3 is 0 Å². The molecule has 0 fully saturated rings. The predicted molar refractivity (Wildman–Crippen MR) is 119 cm³/mol. The first kappa shape index (κ1) is 20.6. The van der Waals surface area contributed by atoms with Gasteiger partial charge in [-0.15, -0.1) is 6.58 Å². The van der Waals surface area contributed by atoms with Gasteiger partial charge in [-0.2, -0.15) is 0 Å². The number of carbonyl (C=O) groups excluding carboxylic acids is 2. The minimum atomic E-state index is -0.329. The van der Waals surface area contributed by atoms with Crippen molar-refractivity contribution < 1.29 is 9.59 Å². The molecule has 0 spiro atoms. The van der Waals surface area contributed by atoms with Crippen molar-refractivity contribution in [2.24, 2.45) is 0 Å². The molecule has 2 amide bonds. The van der Waals surface area contributed by atoms with Crippen LogP contribution in [-0.4, -0.2) is 23.3 Å². The highest BCUT2D eigenvalue weighted by atomic mass is 16.2. The fourth-order valence-corrected chi connectivity index (χ4v) is 3.53. The molecular formula is C25H28N2O2. The van der Waals surface area contributed by atoms with Crippen molar-refractivity contribution in [3.63, 3.8) is 0 Å². The average Bonchev–Trinajstić information content (AvgIpc) is 2.87. The Balaban J connectivity index is 2.07. The number of imide groups is 1. The van der Waals surface area contributed by atoms with E-state index in [1.54, 1.807) is 6.08 Å². The Bertz CT molecular complexity index is 1010. The largest absolute Gasteiger partial charge is 0.350 e. The lowest BCUT2D eigenvalue weighted by atomic mass is 9.87. The highest BCUT2D eigenvalue weighted by molar-refractivity contribution is 6.36. The molecule has 0 aromatic heterocycles. The molecule has 2 aromatic carbocycles. The van der Waals surface area contributed by atoms with Crippen LogP contribution in [0.2, 0.25) is 0 Å². The Morgan fingerprint density at radius 2 is 1.66 bits per heavy atom. The summed E-state index contributed by atoms with van der Waals surface area (Å²) in [4.78, 5) is 27.4. The summed E-state index contributed by atoms with van der Waals surface area (Å²) in [5.74, 6) is -0.625. The number of aryl methyl sites for hydroxylation is 2. The summed E-state index contributed by atoms with van der Waals surface area (Å²) < 4.78 is 0. The minimum Gasteiger partial charge on any atom is -0.350 e. The van der Waals surface area contributed by atoms with Crippen LogP contribution in [0.25, 0.3) is 5.57 Å². The third-order valence-corrected chi connectivity index (χ3v) is 5.15. The third kappa shape index (κ3) is 4.02.